The van der Waals surface area contributed by atoms with Gasteiger partial charge in [-0.25, -0.2) is 4.98 Å². The van der Waals surface area contributed by atoms with Gasteiger partial charge < -0.3 is 14.4 Å². The van der Waals surface area contributed by atoms with Crippen LogP contribution in [-0.2, 0) is 16.0 Å². The zero-order chi connectivity index (χ0) is 13.1. The predicted octanol–water partition coefficient (Wildman–Crippen LogP) is 0.404. The minimum absolute atomic E-state index is 0.00164. The maximum absolute atomic E-state index is 11.9. The van der Waals surface area contributed by atoms with E-state index in [-0.39, 0.29) is 11.8 Å². The number of ether oxygens (including phenoxy) is 2. The fourth-order valence-corrected chi connectivity index (χ4v) is 2.73. The molecule has 1 aromatic heterocycles. The Bertz CT molecular complexity index is 473. The van der Waals surface area contributed by atoms with Crippen molar-refractivity contribution in [3.8, 4) is 0 Å². The summed E-state index contributed by atoms with van der Waals surface area (Å²) in [6.45, 7) is 1.27. The smallest absolute Gasteiger partial charge is 0.256 e. The van der Waals surface area contributed by atoms with E-state index in [0.29, 0.717) is 12.4 Å². The Hall–Kier alpha value is -1.05. The summed E-state index contributed by atoms with van der Waals surface area (Å²) in [5.41, 5.74) is -0.00164. The van der Waals surface area contributed by atoms with Gasteiger partial charge in [0.25, 0.3) is 5.56 Å². The second kappa shape index (κ2) is 5.73. The van der Waals surface area contributed by atoms with Crippen LogP contribution >= 0.6 is 11.8 Å². The van der Waals surface area contributed by atoms with Gasteiger partial charge in [-0.15, -0.1) is 0 Å². The van der Waals surface area contributed by atoms with Crippen LogP contribution in [0.5, 0.6) is 0 Å². The van der Waals surface area contributed by atoms with Gasteiger partial charge in [0.2, 0.25) is 0 Å². The Balaban J connectivity index is 2.18. The number of likely N-dealkylation sites (N-methyl/N-ethyl adjacent to an activating group) is 1. The maximum atomic E-state index is 11.9. The molecule has 0 atom stereocenters. The van der Waals surface area contributed by atoms with Gasteiger partial charge in [-0.05, 0) is 0 Å². The van der Waals surface area contributed by atoms with E-state index in [0.717, 1.165) is 17.5 Å². The summed E-state index contributed by atoms with van der Waals surface area (Å²) in [5, 5.41) is 0.788. The van der Waals surface area contributed by atoms with Crippen molar-refractivity contribution < 1.29 is 9.47 Å². The van der Waals surface area contributed by atoms with Crippen molar-refractivity contribution in [2.75, 3.05) is 38.5 Å². The topological polar surface area (TPSA) is 56.6 Å². The Morgan fingerprint density at radius 3 is 2.94 bits per heavy atom. The third-order valence-corrected chi connectivity index (χ3v) is 3.80. The normalized spacial score (nSPS) is 14.0. The van der Waals surface area contributed by atoms with Gasteiger partial charge in [0.1, 0.15) is 5.82 Å². The Kier molecular flexibility index (Phi) is 4.26. The number of nitrogens with zero attached hydrogens (tertiary/aromatic N) is 3. The summed E-state index contributed by atoms with van der Waals surface area (Å²) in [5.74, 6) is 1.56. The Morgan fingerprint density at radius 1 is 1.56 bits per heavy atom. The third kappa shape index (κ3) is 2.68. The number of fused-ring (bicyclic) bond motifs is 1. The monoisotopic (exact) mass is 271 g/mol. The van der Waals surface area contributed by atoms with Crippen LogP contribution in [0.3, 0.4) is 0 Å². The zero-order valence-electron chi connectivity index (χ0n) is 10.8. The first-order chi connectivity index (χ1) is 8.65. The van der Waals surface area contributed by atoms with Gasteiger partial charge in [-0.1, -0.05) is 11.8 Å². The SMILES string of the molecule is COC(CN(C)c1cc(=O)n2c(n1)SCC2)OC. The second-order valence-corrected chi connectivity index (χ2v) is 5.08. The highest BCUT2D eigenvalue weighted by Crippen LogP contribution is 2.23. The summed E-state index contributed by atoms with van der Waals surface area (Å²) in [6.07, 6.45) is -0.333. The molecule has 18 heavy (non-hydrogen) atoms. The van der Waals surface area contributed by atoms with Crippen molar-refractivity contribution in [1.82, 2.24) is 9.55 Å². The van der Waals surface area contributed by atoms with Gasteiger partial charge in [0.15, 0.2) is 11.4 Å². The highest BCUT2D eigenvalue weighted by Gasteiger charge is 2.18. The fraction of sp³-hybridized carbons (Fsp3) is 0.636. The summed E-state index contributed by atoms with van der Waals surface area (Å²) < 4.78 is 12.0. The van der Waals surface area contributed by atoms with Crippen LogP contribution in [0.15, 0.2) is 16.0 Å². The fourth-order valence-electron chi connectivity index (χ4n) is 1.78. The molecular formula is C11H17N3O3S. The molecule has 2 rings (SSSR count). The van der Waals surface area contributed by atoms with Crippen molar-refractivity contribution >= 4 is 17.6 Å². The number of methoxy groups -OCH3 is 2. The predicted molar refractivity (Wildman–Crippen MR) is 70.3 cm³/mol. The molecule has 1 aliphatic heterocycles. The van der Waals surface area contributed by atoms with E-state index in [1.165, 1.54) is 0 Å². The first-order valence-electron chi connectivity index (χ1n) is 5.67. The molecule has 1 aliphatic rings. The van der Waals surface area contributed by atoms with Crippen LogP contribution in [0, 0.1) is 0 Å². The van der Waals surface area contributed by atoms with Gasteiger partial charge >= 0.3 is 0 Å². The van der Waals surface area contributed by atoms with E-state index in [9.17, 15) is 4.79 Å². The van der Waals surface area contributed by atoms with E-state index in [1.54, 1.807) is 36.6 Å². The molecule has 2 heterocycles. The standard InChI is InChI=1S/C11H17N3O3S/c1-13(7-10(16-2)17-3)8-6-9(15)14-4-5-18-11(14)12-8/h6,10H,4-5,7H2,1-3H3. The largest absolute Gasteiger partial charge is 0.354 e. The van der Waals surface area contributed by atoms with E-state index in [4.69, 9.17) is 9.47 Å². The second-order valence-electron chi connectivity index (χ2n) is 4.02. The first-order valence-corrected chi connectivity index (χ1v) is 6.65. The van der Waals surface area contributed by atoms with Crippen LogP contribution in [0.4, 0.5) is 5.82 Å². The molecule has 0 saturated heterocycles. The summed E-state index contributed by atoms with van der Waals surface area (Å²) >= 11 is 1.61. The Labute approximate surface area is 110 Å². The van der Waals surface area contributed by atoms with E-state index in [1.807, 2.05) is 11.9 Å². The van der Waals surface area contributed by atoms with Crippen molar-refractivity contribution in [1.29, 1.82) is 0 Å². The number of anilines is 1. The molecule has 1 aromatic rings. The molecule has 7 heteroatoms. The van der Waals surface area contributed by atoms with Crippen molar-refractivity contribution in [3.05, 3.63) is 16.4 Å². The third-order valence-electron chi connectivity index (χ3n) is 2.85. The van der Waals surface area contributed by atoms with E-state index in [2.05, 4.69) is 4.98 Å². The van der Waals surface area contributed by atoms with Crippen LogP contribution in [-0.4, -0.2) is 49.4 Å². The Morgan fingerprint density at radius 2 is 2.28 bits per heavy atom. The van der Waals surface area contributed by atoms with Crippen molar-refractivity contribution in [2.45, 2.75) is 18.0 Å². The number of hydrogen-bond donors (Lipinski definition) is 0. The number of thioether (sulfide) groups is 1. The van der Waals surface area contributed by atoms with Crippen LogP contribution < -0.4 is 10.5 Å². The maximum Gasteiger partial charge on any atom is 0.256 e. The molecule has 0 bridgehead atoms. The van der Waals surface area contributed by atoms with Gasteiger partial charge in [-0.2, -0.15) is 0 Å². The molecule has 6 nitrogen and oxygen atoms in total. The van der Waals surface area contributed by atoms with Crippen LogP contribution in [0.1, 0.15) is 0 Å². The summed E-state index contributed by atoms with van der Waals surface area (Å²) in [4.78, 5) is 18.2. The lowest BCUT2D eigenvalue weighted by Gasteiger charge is -2.23. The molecule has 100 valence electrons. The van der Waals surface area contributed by atoms with Crippen molar-refractivity contribution in [3.63, 3.8) is 0 Å². The molecule has 0 N–H and O–H groups in total. The quantitative estimate of drug-likeness (QED) is 0.571. The minimum Gasteiger partial charge on any atom is -0.354 e. The lowest BCUT2D eigenvalue weighted by atomic mass is 10.4. The molecule has 0 unspecified atom stereocenters. The van der Waals surface area contributed by atoms with Gasteiger partial charge in [0.05, 0.1) is 6.54 Å². The number of aromatic nitrogens is 2. The molecule has 0 saturated carbocycles. The van der Waals surface area contributed by atoms with E-state index < -0.39 is 0 Å². The molecule has 0 aliphatic carbocycles. The minimum atomic E-state index is -0.333. The molecule has 0 fully saturated rings. The zero-order valence-corrected chi connectivity index (χ0v) is 11.6. The van der Waals surface area contributed by atoms with Crippen LogP contribution in [0.25, 0.3) is 0 Å². The van der Waals surface area contributed by atoms with Gasteiger partial charge in [-0.3, -0.25) is 9.36 Å². The number of rotatable bonds is 5. The molecule has 0 radical (unpaired) electrons. The van der Waals surface area contributed by atoms with Crippen molar-refractivity contribution in [2.24, 2.45) is 0 Å². The summed E-state index contributed by atoms with van der Waals surface area (Å²) in [7, 11) is 5.04. The lowest BCUT2D eigenvalue weighted by Crippen LogP contribution is -2.33. The van der Waals surface area contributed by atoms with E-state index >= 15 is 0 Å². The first kappa shape index (κ1) is 13.4. The van der Waals surface area contributed by atoms with Gasteiger partial charge in [0, 0.05) is 39.6 Å². The average molecular weight is 271 g/mol. The summed E-state index contributed by atoms with van der Waals surface area (Å²) in [6, 6.07) is 1.55. The highest BCUT2D eigenvalue weighted by atomic mass is 32.2. The highest BCUT2D eigenvalue weighted by molar-refractivity contribution is 7.99. The molecular weight excluding hydrogens is 254 g/mol. The molecule has 0 spiro atoms. The number of hydrogen-bond acceptors (Lipinski definition) is 6. The molecule has 0 aromatic carbocycles. The van der Waals surface area contributed by atoms with Crippen LogP contribution in [0.2, 0.25) is 0 Å². The lowest BCUT2D eigenvalue weighted by molar-refractivity contribution is -0.0945. The average Bonchev–Trinajstić information content (AvgIpc) is 2.84. The molecule has 0 amide bonds.